The highest BCUT2D eigenvalue weighted by Crippen LogP contribution is 2.32. The maximum atomic E-state index is 12.9. The van der Waals surface area contributed by atoms with Crippen molar-refractivity contribution in [3.8, 4) is 0 Å². The average Bonchev–Trinajstić information content (AvgIpc) is 2.85. The molecule has 118 valence electrons. The molecule has 23 heavy (non-hydrogen) atoms. The summed E-state index contributed by atoms with van der Waals surface area (Å²) in [6.07, 6.45) is -4.36. The molecule has 0 unspecified atom stereocenters. The quantitative estimate of drug-likeness (QED) is 0.890. The number of hydrogen-bond donors (Lipinski definition) is 2. The minimum Gasteiger partial charge on any atom is -0.325 e. The van der Waals surface area contributed by atoms with Crippen LogP contribution in [-0.4, -0.2) is 11.8 Å². The van der Waals surface area contributed by atoms with Gasteiger partial charge in [-0.05, 0) is 29.8 Å². The zero-order valence-corrected chi connectivity index (χ0v) is 11.7. The Morgan fingerprint density at radius 2 is 1.87 bits per heavy atom. The van der Waals surface area contributed by atoms with Gasteiger partial charge >= 0.3 is 6.18 Å². The summed E-state index contributed by atoms with van der Waals surface area (Å²) in [6, 6.07) is 9.29. The molecule has 0 aromatic heterocycles. The van der Waals surface area contributed by atoms with Crippen LogP contribution in [0.2, 0.25) is 0 Å². The lowest BCUT2D eigenvalue weighted by Crippen LogP contribution is -2.18. The zero-order chi connectivity index (χ0) is 16.6. The van der Waals surface area contributed by atoms with Gasteiger partial charge in [0.2, 0.25) is 5.91 Å². The van der Waals surface area contributed by atoms with E-state index >= 15 is 0 Å². The van der Waals surface area contributed by atoms with E-state index in [4.69, 9.17) is 0 Å². The molecule has 0 saturated heterocycles. The van der Waals surface area contributed by atoms with Crippen molar-refractivity contribution in [3.05, 3.63) is 59.2 Å². The van der Waals surface area contributed by atoms with Crippen LogP contribution in [0.3, 0.4) is 0 Å². The lowest BCUT2D eigenvalue weighted by Gasteiger charge is -2.13. The van der Waals surface area contributed by atoms with Gasteiger partial charge < -0.3 is 10.6 Å². The molecule has 1 aliphatic heterocycles. The first-order chi connectivity index (χ1) is 10.8. The van der Waals surface area contributed by atoms with Gasteiger partial charge in [-0.25, -0.2) is 0 Å². The van der Waals surface area contributed by atoms with E-state index in [1.165, 1.54) is 18.2 Å². The van der Waals surface area contributed by atoms with Crippen molar-refractivity contribution in [1.29, 1.82) is 0 Å². The smallest absolute Gasteiger partial charge is 0.325 e. The molecular formula is C16H11F3N2O2. The standard InChI is InChI=1S/C16H11F3N2O2/c17-16(18,19)12-4-2-1-3-11(12)15(23)20-10-6-5-9-7-14(22)21-13(9)8-10/h1-6,8H,7H2,(H,20,23)(H,21,22). The van der Waals surface area contributed by atoms with E-state index in [0.29, 0.717) is 11.4 Å². The van der Waals surface area contributed by atoms with E-state index < -0.39 is 23.2 Å². The third-order valence-electron chi connectivity index (χ3n) is 3.47. The fourth-order valence-corrected chi connectivity index (χ4v) is 2.42. The molecule has 1 aliphatic rings. The lowest BCUT2D eigenvalue weighted by molar-refractivity contribution is -0.137. The summed E-state index contributed by atoms with van der Waals surface area (Å²) in [7, 11) is 0. The molecule has 3 rings (SSSR count). The predicted octanol–water partition coefficient (Wildman–Crippen LogP) is 3.45. The minimum absolute atomic E-state index is 0.161. The van der Waals surface area contributed by atoms with Crippen molar-refractivity contribution in [2.24, 2.45) is 0 Å². The van der Waals surface area contributed by atoms with Gasteiger partial charge in [-0.2, -0.15) is 13.2 Å². The molecule has 0 radical (unpaired) electrons. The van der Waals surface area contributed by atoms with E-state index in [1.807, 2.05) is 0 Å². The van der Waals surface area contributed by atoms with Crippen molar-refractivity contribution in [2.45, 2.75) is 12.6 Å². The number of carbonyl (C=O) groups excluding carboxylic acids is 2. The second-order valence-electron chi connectivity index (χ2n) is 5.09. The summed E-state index contributed by atoms with van der Waals surface area (Å²) >= 11 is 0. The van der Waals surface area contributed by atoms with Gasteiger partial charge in [-0.15, -0.1) is 0 Å². The molecule has 0 bridgehead atoms. The van der Waals surface area contributed by atoms with Crippen molar-refractivity contribution in [1.82, 2.24) is 0 Å². The van der Waals surface area contributed by atoms with E-state index in [0.717, 1.165) is 17.7 Å². The van der Waals surface area contributed by atoms with Crippen molar-refractivity contribution in [2.75, 3.05) is 10.6 Å². The Morgan fingerprint density at radius 3 is 2.61 bits per heavy atom. The van der Waals surface area contributed by atoms with Crippen LogP contribution in [0.1, 0.15) is 21.5 Å². The maximum Gasteiger partial charge on any atom is 0.417 e. The number of alkyl halides is 3. The molecule has 4 nitrogen and oxygen atoms in total. The lowest BCUT2D eigenvalue weighted by atomic mass is 10.1. The second-order valence-corrected chi connectivity index (χ2v) is 5.09. The first kappa shape index (κ1) is 15.1. The molecule has 2 N–H and O–H groups in total. The van der Waals surface area contributed by atoms with Gasteiger partial charge in [0.15, 0.2) is 0 Å². The molecule has 0 saturated carbocycles. The number of nitrogens with one attached hydrogen (secondary N) is 2. The molecule has 2 aromatic carbocycles. The highest BCUT2D eigenvalue weighted by molar-refractivity contribution is 6.06. The van der Waals surface area contributed by atoms with E-state index in [-0.39, 0.29) is 12.3 Å². The average molecular weight is 320 g/mol. The zero-order valence-electron chi connectivity index (χ0n) is 11.7. The molecular weight excluding hydrogens is 309 g/mol. The van der Waals surface area contributed by atoms with Gasteiger partial charge in [0.1, 0.15) is 0 Å². The maximum absolute atomic E-state index is 12.9. The Kier molecular flexibility index (Phi) is 3.55. The molecule has 0 spiro atoms. The number of rotatable bonds is 2. The molecule has 0 aliphatic carbocycles. The van der Waals surface area contributed by atoms with Gasteiger partial charge in [0.05, 0.1) is 17.5 Å². The van der Waals surface area contributed by atoms with Crippen molar-refractivity contribution in [3.63, 3.8) is 0 Å². The summed E-state index contributed by atoms with van der Waals surface area (Å²) in [5.74, 6) is -1.02. The fourth-order valence-electron chi connectivity index (χ4n) is 2.42. The predicted molar refractivity (Wildman–Crippen MR) is 78.2 cm³/mol. The molecule has 0 atom stereocenters. The van der Waals surface area contributed by atoms with Crippen LogP contribution in [0.15, 0.2) is 42.5 Å². The van der Waals surface area contributed by atoms with Crippen LogP contribution in [0, 0.1) is 0 Å². The normalized spacial score (nSPS) is 13.4. The van der Waals surface area contributed by atoms with Crippen LogP contribution in [0.4, 0.5) is 24.5 Å². The van der Waals surface area contributed by atoms with Gasteiger partial charge in [0.25, 0.3) is 5.91 Å². The number of fused-ring (bicyclic) bond motifs is 1. The van der Waals surface area contributed by atoms with Crippen LogP contribution < -0.4 is 10.6 Å². The summed E-state index contributed by atoms with van der Waals surface area (Å²) in [5.41, 5.74) is 0.199. The van der Waals surface area contributed by atoms with Gasteiger partial charge in [-0.1, -0.05) is 18.2 Å². The highest BCUT2D eigenvalue weighted by Gasteiger charge is 2.34. The molecule has 7 heteroatoms. The van der Waals surface area contributed by atoms with Crippen LogP contribution >= 0.6 is 0 Å². The molecule has 1 heterocycles. The number of hydrogen-bond acceptors (Lipinski definition) is 2. The summed E-state index contributed by atoms with van der Waals surface area (Å²) in [6.45, 7) is 0. The Labute approximate surface area is 129 Å². The Balaban J connectivity index is 1.86. The Bertz CT molecular complexity index is 800. The van der Waals surface area contributed by atoms with Crippen molar-refractivity contribution >= 4 is 23.2 Å². The van der Waals surface area contributed by atoms with Crippen LogP contribution in [0.25, 0.3) is 0 Å². The largest absolute Gasteiger partial charge is 0.417 e. The number of amides is 2. The minimum atomic E-state index is -4.61. The van der Waals surface area contributed by atoms with Crippen molar-refractivity contribution < 1.29 is 22.8 Å². The summed E-state index contributed by atoms with van der Waals surface area (Å²) in [5, 5.41) is 5.04. The third-order valence-corrected chi connectivity index (χ3v) is 3.47. The van der Waals surface area contributed by atoms with E-state index in [9.17, 15) is 22.8 Å². The molecule has 2 aromatic rings. The number of benzene rings is 2. The second kappa shape index (κ2) is 5.42. The van der Waals surface area contributed by atoms with Crippen LogP contribution in [-0.2, 0) is 17.4 Å². The Morgan fingerprint density at radius 1 is 1.13 bits per heavy atom. The topological polar surface area (TPSA) is 58.2 Å². The van der Waals surface area contributed by atoms with Gasteiger partial charge in [-0.3, -0.25) is 9.59 Å². The first-order valence-electron chi connectivity index (χ1n) is 6.75. The van der Waals surface area contributed by atoms with Crippen LogP contribution in [0.5, 0.6) is 0 Å². The molecule has 2 amide bonds. The van der Waals surface area contributed by atoms with E-state index in [2.05, 4.69) is 10.6 Å². The number of halogens is 3. The monoisotopic (exact) mass is 320 g/mol. The number of carbonyl (C=O) groups is 2. The fraction of sp³-hybridized carbons (Fsp3) is 0.125. The van der Waals surface area contributed by atoms with E-state index in [1.54, 1.807) is 12.1 Å². The highest BCUT2D eigenvalue weighted by atomic mass is 19.4. The first-order valence-corrected chi connectivity index (χ1v) is 6.75. The SMILES string of the molecule is O=C1Cc2ccc(NC(=O)c3ccccc3C(F)(F)F)cc2N1. The summed E-state index contributed by atoms with van der Waals surface area (Å²) < 4.78 is 38.8. The molecule has 0 fully saturated rings. The number of anilines is 2. The van der Waals surface area contributed by atoms with Gasteiger partial charge in [0, 0.05) is 11.4 Å². The summed E-state index contributed by atoms with van der Waals surface area (Å²) in [4.78, 5) is 23.4. The Hall–Kier alpha value is -2.83. The third kappa shape index (κ3) is 3.03.